The van der Waals surface area contributed by atoms with E-state index >= 15 is 0 Å². The lowest BCUT2D eigenvalue weighted by Crippen LogP contribution is -2.31. The monoisotopic (exact) mass is 491 g/mol. The minimum atomic E-state index is -3.53. The van der Waals surface area contributed by atoms with Crippen molar-refractivity contribution < 1.29 is 21.6 Å². The van der Waals surface area contributed by atoms with Crippen LogP contribution in [0.3, 0.4) is 0 Å². The van der Waals surface area contributed by atoms with E-state index in [4.69, 9.17) is 0 Å². The van der Waals surface area contributed by atoms with E-state index in [1.807, 2.05) is 0 Å². The normalized spacial score (nSPS) is 16.1. The molecule has 1 amide bonds. The minimum Gasteiger partial charge on any atom is -0.323 e. The number of rotatable bonds is 7. The van der Waals surface area contributed by atoms with Crippen molar-refractivity contribution >= 4 is 37.7 Å². The van der Waals surface area contributed by atoms with E-state index < -0.39 is 20.0 Å². The molecule has 0 atom stereocenters. The molecule has 0 unspecified atom stereocenters. The maximum atomic E-state index is 12.8. The number of nitrogens with zero attached hydrogens (tertiary/aromatic N) is 2. The van der Waals surface area contributed by atoms with Crippen molar-refractivity contribution in [2.24, 2.45) is 0 Å². The van der Waals surface area contributed by atoms with Gasteiger partial charge in [-0.05, 0) is 60.9 Å². The molecular weight excluding hydrogens is 462 g/mol. The molecule has 1 N–H and O–H groups in total. The van der Waals surface area contributed by atoms with Gasteiger partial charge in [0.05, 0.1) is 9.79 Å². The van der Waals surface area contributed by atoms with Gasteiger partial charge in [0, 0.05) is 38.9 Å². The third-order valence-electron chi connectivity index (χ3n) is 5.41. The molecule has 0 bridgehead atoms. The van der Waals surface area contributed by atoms with Gasteiger partial charge < -0.3 is 5.32 Å². The molecule has 33 heavy (non-hydrogen) atoms. The van der Waals surface area contributed by atoms with Gasteiger partial charge in [0.1, 0.15) is 0 Å². The summed E-state index contributed by atoms with van der Waals surface area (Å²) in [5, 5.41) is 2.67. The van der Waals surface area contributed by atoms with Gasteiger partial charge in [0.2, 0.25) is 26.0 Å². The number of carbonyl (C=O) groups excluding carboxylic acids is 1. The van der Waals surface area contributed by atoms with E-state index in [9.17, 15) is 21.6 Å². The van der Waals surface area contributed by atoms with Gasteiger partial charge in [-0.25, -0.2) is 21.1 Å². The average Bonchev–Trinajstić information content (AvgIpc) is 3.08. The molecule has 1 heterocycles. The molecule has 0 saturated carbocycles. The maximum absolute atomic E-state index is 12.8. The Hall–Kier alpha value is -2.53. The lowest BCUT2D eigenvalue weighted by Gasteiger charge is -2.19. The van der Waals surface area contributed by atoms with E-state index in [2.05, 4.69) is 5.32 Å². The first kappa shape index (κ1) is 25.1. The van der Waals surface area contributed by atoms with Crippen molar-refractivity contribution in [1.29, 1.82) is 0 Å². The highest BCUT2D eigenvalue weighted by Crippen LogP contribution is 2.21. The predicted octanol–water partition coefficient (Wildman–Crippen LogP) is 3.15. The standard InChI is InChI=1S/C23H29N3O5S2/c1-25(2)32(28,29)21-14-10-20(11-15-21)24-23(27)16-9-19-7-12-22(13-8-19)33(30,31)26-17-5-3-4-6-18-26/h7-16H,3-6,17-18H2,1-2H3,(H,24,27)/b16-9+. The van der Waals surface area contributed by atoms with E-state index in [-0.39, 0.29) is 15.7 Å². The van der Waals surface area contributed by atoms with Crippen molar-refractivity contribution in [2.45, 2.75) is 35.5 Å². The number of benzene rings is 2. The first-order valence-corrected chi connectivity index (χ1v) is 13.6. The SMILES string of the molecule is CN(C)S(=O)(=O)c1ccc(NC(=O)/C=C/c2ccc(S(=O)(=O)N3CCCCCC3)cc2)cc1. The fourth-order valence-corrected chi connectivity index (χ4v) is 5.88. The number of sulfonamides is 2. The Bertz CT molecular complexity index is 1200. The molecule has 0 aromatic heterocycles. The molecule has 2 aromatic rings. The Labute approximate surface area is 196 Å². The average molecular weight is 492 g/mol. The summed E-state index contributed by atoms with van der Waals surface area (Å²) in [4.78, 5) is 12.6. The number of hydrogen-bond donors (Lipinski definition) is 1. The van der Waals surface area contributed by atoms with Crippen molar-refractivity contribution in [1.82, 2.24) is 8.61 Å². The van der Waals surface area contributed by atoms with Crippen LogP contribution in [0.25, 0.3) is 6.08 Å². The first-order valence-electron chi connectivity index (χ1n) is 10.7. The highest BCUT2D eigenvalue weighted by molar-refractivity contribution is 7.89. The number of amides is 1. The Balaban J connectivity index is 1.62. The maximum Gasteiger partial charge on any atom is 0.248 e. The zero-order chi connectivity index (χ0) is 24.1. The van der Waals surface area contributed by atoms with Crippen LogP contribution in [0.2, 0.25) is 0 Å². The molecule has 3 rings (SSSR count). The molecule has 8 nitrogen and oxygen atoms in total. The zero-order valence-corrected chi connectivity index (χ0v) is 20.4. The van der Waals surface area contributed by atoms with Gasteiger partial charge in [0.25, 0.3) is 0 Å². The molecule has 10 heteroatoms. The van der Waals surface area contributed by atoms with Crippen molar-refractivity contribution in [3.8, 4) is 0 Å². The lowest BCUT2D eigenvalue weighted by atomic mass is 10.2. The fraction of sp³-hybridized carbons (Fsp3) is 0.348. The van der Waals surface area contributed by atoms with Crippen LogP contribution in [-0.2, 0) is 24.8 Å². The van der Waals surface area contributed by atoms with Crippen LogP contribution in [0.1, 0.15) is 31.2 Å². The van der Waals surface area contributed by atoms with Crippen LogP contribution in [-0.4, -0.2) is 58.5 Å². The summed E-state index contributed by atoms with van der Waals surface area (Å²) in [5.41, 5.74) is 1.15. The molecule has 2 aromatic carbocycles. The van der Waals surface area contributed by atoms with Crippen LogP contribution >= 0.6 is 0 Å². The summed E-state index contributed by atoms with van der Waals surface area (Å²) in [6, 6.07) is 12.3. The van der Waals surface area contributed by atoms with Crippen molar-refractivity contribution in [2.75, 3.05) is 32.5 Å². The third kappa shape index (κ3) is 6.29. The summed E-state index contributed by atoms with van der Waals surface area (Å²) in [6.07, 6.45) is 6.78. The Morgan fingerprint density at radius 1 is 0.848 bits per heavy atom. The Kier molecular flexibility index (Phi) is 8.06. The van der Waals surface area contributed by atoms with E-state index in [1.165, 1.54) is 44.4 Å². The topological polar surface area (TPSA) is 104 Å². The summed E-state index contributed by atoms with van der Waals surface area (Å²) in [6.45, 7) is 1.10. The van der Waals surface area contributed by atoms with Gasteiger partial charge in [-0.2, -0.15) is 4.31 Å². The van der Waals surface area contributed by atoms with E-state index in [0.717, 1.165) is 30.0 Å². The molecule has 1 fully saturated rings. The van der Waals surface area contributed by atoms with Crippen LogP contribution in [0, 0.1) is 0 Å². The molecule has 1 aliphatic heterocycles. The molecule has 178 valence electrons. The fourth-order valence-electron chi connectivity index (χ4n) is 3.46. The van der Waals surface area contributed by atoms with Gasteiger partial charge >= 0.3 is 0 Å². The zero-order valence-electron chi connectivity index (χ0n) is 18.8. The van der Waals surface area contributed by atoms with Crippen molar-refractivity contribution in [3.63, 3.8) is 0 Å². The largest absolute Gasteiger partial charge is 0.323 e. The summed E-state index contributed by atoms with van der Waals surface area (Å²) < 4.78 is 52.6. The third-order valence-corrected chi connectivity index (χ3v) is 9.15. The van der Waals surface area contributed by atoms with Gasteiger partial charge in [-0.1, -0.05) is 25.0 Å². The number of anilines is 1. The van der Waals surface area contributed by atoms with Crippen molar-refractivity contribution in [3.05, 3.63) is 60.2 Å². The number of carbonyl (C=O) groups is 1. The van der Waals surface area contributed by atoms with Crippen LogP contribution in [0.15, 0.2) is 64.4 Å². The Morgan fingerprint density at radius 2 is 1.39 bits per heavy atom. The highest BCUT2D eigenvalue weighted by atomic mass is 32.2. The van der Waals surface area contributed by atoms with Gasteiger partial charge in [-0.3, -0.25) is 4.79 Å². The molecule has 1 aliphatic rings. The number of nitrogens with one attached hydrogen (secondary N) is 1. The smallest absolute Gasteiger partial charge is 0.248 e. The molecule has 0 spiro atoms. The molecule has 0 radical (unpaired) electrons. The highest BCUT2D eigenvalue weighted by Gasteiger charge is 2.24. The lowest BCUT2D eigenvalue weighted by molar-refractivity contribution is -0.111. The second-order valence-corrected chi connectivity index (χ2v) is 12.1. The second-order valence-electron chi connectivity index (χ2n) is 8.02. The summed E-state index contributed by atoms with van der Waals surface area (Å²) >= 11 is 0. The molecular formula is C23H29N3O5S2. The summed E-state index contributed by atoms with van der Waals surface area (Å²) in [5.74, 6) is -0.389. The van der Waals surface area contributed by atoms with Gasteiger partial charge in [0.15, 0.2) is 0 Å². The van der Waals surface area contributed by atoms with E-state index in [0.29, 0.717) is 24.3 Å². The van der Waals surface area contributed by atoms with Crippen LogP contribution in [0.4, 0.5) is 5.69 Å². The van der Waals surface area contributed by atoms with E-state index in [1.54, 1.807) is 34.6 Å². The van der Waals surface area contributed by atoms with Gasteiger partial charge in [-0.15, -0.1) is 0 Å². The minimum absolute atomic E-state index is 0.135. The quantitative estimate of drug-likeness (QED) is 0.599. The predicted molar refractivity (Wildman–Crippen MR) is 129 cm³/mol. The second kappa shape index (κ2) is 10.6. The Morgan fingerprint density at radius 3 is 1.94 bits per heavy atom. The molecule has 0 aliphatic carbocycles. The number of hydrogen-bond acceptors (Lipinski definition) is 5. The van der Waals surface area contributed by atoms with Crippen LogP contribution < -0.4 is 5.32 Å². The molecule has 1 saturated heterocycles. The first-order chi connectivity index (χ1) is 15.6. The van der Waals surface area contributed by atoms with Crippen LogP contribution in [0.5, 0.6) is 0 Å². The summed E-state index contributed by atoms with van der Waals surface area (Å²) in [7, 11) is -4.14.